The number of rotatable bonds is 1. The average molecular weight is 367 g/mol. The first-order valence-electron chi connectivity index (χ1n) is 6.53. The van der Waals surface area contributed by atoms with Gasteiger partial charge in [-0.25, -0.2) is 9.97 Å². The summed E-state index contributed by atoms with van der Waals surface area (Å²) in [4.78, 5) is 12.0. The number of hydrogen-bond donors (Lipinski definition) is 1. The molecule has 0 spiro atoms. The summed E-state index contributed by atoms with van der Waals surface area (Å²) in [5, 5.41) is 17.9. The summed E-state index contributed by atoms with van der Waals surface area (Å²) < 4.78 is 0.693. The number of hydrogen-bond acceptors (Lipinski definition) is 6. The van der Waals surface area contributed by atoms with Gasteiger partial charge in [-0.15, -0.1) is 0 Å². The minimum Gasteiger partial charge on any atom is -0.384 e. The minimum atomic E-state index is 0.247. The first-order chi connectivity index (χ1) is 11.2. The lowest BCUT2D eigenvalue weighted by molar-refractivity contribution is 1.15. The van der Waals surface area contributed by atoms with E-state index in [-0.39, 0.29) is 6.42 Å². The maximum absolute atomic E-state index is 8.52. The van der Waals surface area contributed by atoms with Crippen molar-refractivity contribution in [3.8, 4) is 12.1 Å². The van der Waals surface area contributed by atoms with Gasteiger partial charge in [-0.2, -0.15) is 10.5 Å². The van der Waals surface area contributed by atoms with Crippen molar-refractivity contribution in [2.24, 2.45) is 0 Å². The van der Waals surface area contributed by atoms with Crippen LogP contribution in [0.15, 0.2) is 47.3 Å². The molecule has 0 saturated carbocycles. The number of nitrogen functional groups attached to an aromatic ring is 1. The second-order valence-electron chi connectivity index (χ2n) is 4.37. The third-order valence-corrected chi connectivity index (χ3v) is 3.38. The van der Waals surface area contributed by atoms with E-state index in [1.165, 1.54) is 0 Å². The second kappa shape index (κ2) is 7.83. The molecular formula is C16H11BrN6. The van der Waals surface area contributed by atoms with E-state index >= 15 is 0 Å². The molecule has 3 rings (SSSR count). The number of aromatic nitrogens is 3. The number of nitrogens with zero attached hydrogens (tertiary/aromatic N) is 5. The molecule has 3 heterocycles. The Morgan fingerprint density at radius 3 is 2.61 bits per heavy atom. The minimum absolute atomic E-state index is 0.247. The normalized spacial score (nSPS) is 9.35. The van der Waals surface area contributed by atoms with Crippen LogP contribution in [0.25, 0.3) is 10.9 Å². The number of fused-ring (bicyclic) bond motifs is 1. The highest BCUT2D eigenvalue weighted by Gasteiger charge is 2.01. The number of halogens is 1. The average Bonchev–Trinajstić information content (AvgIpc) is 2.56. The first kappa shape index (κ1) is 16.3. The highest BCUT2D eigenvalue weighted by atomic mass is 79.9. The van der Waals surface area contributed by atoms with Gasteiger partial charge in [-0.3, -0.25) is 4.98 Å². The fourth-order valence-electron chi connectivity index (χ4n) is 1.83. The molecule has 6 nitrogen and oxygen atoms in total. The summed E-state index contributed by atoms with van der Waals surface area (Å²) in [6, 6.07) is 12.9. The molecule has 0 amide bonds. The van der Waals surface area contributed by atoms with Crippen LogP contribution in [0.2, 0.25) is 0 Å². The summed E-state index contributed by atoms with van der Waals surface area (Å²) >= 11 is 3.29. The zero-order valence-corrected chi connectivity index (χ0v) is 13.5. The topological polar surface area (TPSA) is 112 Å². The maximum atomic E-state index is 8.52. The molecule has 0 aromatic carbocycles. The van der Waals surface area contributed by atoms with Gasteiger partial charge in [0.1, 0.15) is 27.7 Å². The van der Waals surface area contributed by atoms with Crippen LogP contribution in [0.4, 0.5) is 5.82 Å². The van der Waals surface area contributed by atoms with Crippen LogP contribution in [-0.4, -0.2) is 15.0 Å². The standard InChI is InChI=1S/C8H6BrN3.C8H5N3/c9-8-7-5(2-1-3-11-7)4-6(10)12-8;9-4-3-7-2-1-5-11-8(7)6-10/h1-4H,(H2,10,12);1-2,5H,3H2. The summed E-state index contributed by atoms with van der Waals surface area (Å²) in [5.74, 6) is 0.502. The van der Waals surface area contributed by atoms with E-state index in [1.54, 1.807) is 30.6 Å². The second-order valence-corrected chi connectivity index (χ2v) is 5.12. The van der Waals surface area contributed by atoms with E-state index in [0.717, 1.165) is 10.9 Å². The van der Waals surface area contributed by atoms with Crippen molar-refractivity contribution in [2.75, 3.05) is 5.73 Å². The SMILES string of the molecule is N#CCc1cccnc1C#N.Nc1cc2cccnc2c(Br)n1. The Morgan fingerprint density at radius 2 is 1.87 bits per heavy atom. The Kier molecular flexibility index (Phi) is 5.56. The molecule has 2 N–H and O–H groups in total. The van der Waals surface area contributed by atoms with Crippen molar-refractivity contribution in [1.82, 2.24) is 15.0 Å². The van der Waals surface area contributed by atoms with Crippen molar-refractivity contribution >= 4 is 32.7 Å². The third-order valence-electron chi connectivity index (χ3n) is 2.83. The largest absolute Gasteiger partial charge is 0.384 e. The summed E-state index contributed by atoms with van der Waals surface area (Å²) in [6.07, 6.45) is 3.52. The number of nitrogens with two attached hydrogens (primary N) is 1. The van der Waals surface area contributed by atoms with Crippen molar-refractivity contribution in [3.05, 3.63) is 58.6 Å². The molecule has 0 aliphatic heterocycles. The summed E-state index contributed by atoms with van der Waals surface area (Å²) in [6.45, 7) is 0. The lowest BCUT2D eigenvalue weighted by Crippen LogP contribution is -1.91. The molecular weight excluding hydrogens is 356 g/mol. The van der Waals surface area contributed by atoms with E-state index in [9.17, 15) is 0 Å². The van der Waals surface area contributed by atoms with E-state index in [4.69, 9.17) is 16.3 Å². The summed E-state index contributed by atoms with van der Waals surface area (Å²) in [5.41, 5.74) is 7.43. The fourth-order valence-corrected chi connectivity index (χ4v) is 2.37. The van der Waals surface area contributed by atoms with Gasteiger partial charge < -0.3 is 5.73 Å². The Balaban J connectivity index is 0.000000168. The summed E-state index contributed by atoms with van der Waals surface area (Å²) in [7, 11) is 0. The van der Waals surface area contributed by atoms with Crippen LogP contribution in [-0.2, 0) is 6.42 Å². The molecule has 0 atom stereocenters. The lowest BCUT2D eigenvalue weighted by Gasteiger charge is -1.99. The van der Waals surface area contributed by atoms with Crippen LogP contribution >= 0.6 is 15.9 Å². The van der Waals surface area contributed by atoms with Crippen LogP contribution < -0.4 is 5.73 Å². The van der Waals surface area contributed by atoms with Gasteiger partial charge in [0.2, 0.25) is 0 Å². The highest BCUT2D eigenvalue weighted by Crippen LogP contribution is 2.21. The molecule has 112 valence electrons. The Hall–Kier alpha value is -3.03. The van der Waals surface area contributed by atoms with Crippen molar-refractivity contribution in [2.45, 2.75) is 6.42 Å². The smallest absolute Gasteiger partial charge is 0.144 e. The van der Waals surface area contributed by atoms with E-state index in [0.29, 0.717) is 21.7 Å². The monoisotopic (exact) mass is 366 g/mol. The molecule has 0 aliphatic rings. The molecule has 0 saturated heterocycles. The van der Waals surface area contributed by atoms with Crippen molar-refractivity contribution in [3.63, 3.8) is 0 Å². The fraction of sp³-hybridized carbons (Fsp3) is 0.0625. The predicted molar refractivity (Wildman–Crippen MR) is 89.9 cm³/mol. The van der Waals surface area contributed by atoms with Crippen molar-refractivity contribution < 1.29 is 0 Å². The molecule has 0 unspecified atom stereocenters. The lowest BCUT2D eigenvalue weighted by atomic mass is 10.1. The van der Waals surface area contributed by atoms with Crippen LogP contribution in [0.3, 0.4) is 0 Å². The number of anilines is 1. The van der Waals surface area contributed by atoms with Crippen LogP contribution in [0.1, 0.15) is 11.3 Å². The van der Waals surface area contributed by atoms with Gasteiger partial charge in [0, 0.05) is 23.3 Å². The number of nitriles is 2. The molecule has 23 heavy (non-hydrogen) atoms. The Morgan fingerprint density at radius 1 is 1.13 bits per heavy atom. The van der Waals surface area contributed by atoms with Gasteiger partial charge in [-0.1, -0.05) is 12.1 Å². The van der Waals surface area contributed by atoms with E-state index in [1.807, 2.05) is 24.3 Å². The zero-order chi connectivity index (χ0) is 16.7. The van der Waals surface area contributed by atoms with Gasteiger partial charge in [-0.05, 0) is 34.1 Å². The molecule has 0 bridgehead atoms. The van der Waals surface area contributed by atoms with Gasteiger partial charge in [0.05, 0.1) is 12.5 Å². The van der Waals surface area contributed by atoms with Gasteiger partial charge >= 0.3 is 0 Å². The third kappa shape index (κ3) is 4.22. The molecule has 7 heteroatoms. The highest BCUT2D eigenvalue weighted by molar-refractivity contribution is 9.10. The number of pyridine rings is 3. The quantitative estimate of drug-likeness (QED) is 0.662. The van der Waals surface area contributed by atoms with Crippen LogP contribution in [0, 0.1) is 22.7 Å². The molecule has 0 aliphatic carbocycles. The Labute approximate surface area is 141 Å². The molecule has 0 fully saturated rings. The van der Waals surface area contributed by atoms with Gasteiger partial charge in [0.25, 0.3) is 0 Å². The molecule has 3 aromatic rings. The maximum Gasteiger partial charge on any atom is 0.144 e. The predicted octanol–water partition coefficient (Wildman–Crippen LogP) is 2.99. The molecule has 3 aromatic heterocycles. The van der Waals surface area contributed by atoms with Crippen molar-refractivity contribution in [1.29, 1.82) is 10.5 Å². The van der Waals surface area contributed by atoms with Gasteiger partial charge in [0.15, 0.2) is 0 Å². The van der Waals surface area contributed by atoms with E-state index in [2.05, 4.69) is 30.9 Å². The van der Waals surface area contributed by atoms with E-state index < -0.39 is 0 Å². The van der Waals surface area contributed by atoms with Crippen LogP contribution in [0.5, 0.6) is 0 Å². The first-order valence-corrected chi connectivity index (χ1v) is 7.32. The zero-order valence-electron chi connectivity index (χ0n) is 11.9. The molecule has 0 radical (unpaired) electrons. The Bertz CT molecular complexity index is 910.